The van der Waals surface area contributed by atoms with E-state index in [1.807, 2.05) is 71.6 Å². The maximum Gasteiger partial charge on any atom is 0.338 e. The fourth-order valence-corrected chi connectivity index (χ4v) is 6.16. The summed E-state index contributed by atoms with van der Waals surface area (Å²) in [5, 5.41) is 3.16. The Bertz CT molecular complexity index is 2310. The molecule has 2 heterocycles. The van der Waals surface area contributed by atoms with Crippen LogP contribution >= 0.6 is 23.2 Å². The van der Waals surface area contributed by atoms with Gasteiger partial charge in [0.15, 0.2) is 0 Å². The zero-order chi connectivity index (χ0) is 34.5. The van der Waals surface area contributed by atoms with Crippen LogP contribution in [0.5, 0.6) is 0 Å². The molecule has 1 N–H and O–H groups in total. The van der Waals surface area contributed by atoms with Gasteiger partial charge in [-0.1, -0.05) is 59.6 Å². The van der Waals surface area contributed by atoms with Gasteiger partial charge in [0.05, 0.1) is 36.6 Å². The van der Waals surface area contributed by atoms with E-state index in [1.54, 1.807) is 36.4 Å². The van der Waals surface area contributed by atoms with Gasteiger partial charge < -0.3 is 19.0 Å². The molecular formula is C40H31Cl2FN2O4. The van der Waals surface area contributed by atoms with E-state index < -0.39 is 5.97 Å². The summed E-state index contributed by atoms with van der Waals surface area (Å²) in [5.74, 6) is -1.05. The second-order valence-electron chi connectivity index (χ2n) is 11.4. The highest BCUT2D eigenvalue weighted by Gasteiger charge is 2.15. The molecule has 9 heteroatoms. The number of aromatic nitrogens is 2. The van der Waals surface area contributed by atoms with Crippen LogP contribution in [-0.4, -0.2) is 35.7 Å². The lowest BCUT2D eigenvalue weighted by Gasteiger charge is -2.10. The third-order valence-electron chi connectivity index (χ3n) is 8.23. The Hall–Kier alpha value is -5.37. The maximum atomic E-state index is 14.2. The third-order valence-corrected chi connectivity index (χ3v) is 8.70. The number of esters is 2. The molecule has 0 aliphatic heterocycles. The second kappa shape index (κ2) is 14.8. The first-order chi connectivity index (χ1) is 23.7. The molecule has 5 aromatic carbocycles. The quantitative estimate of drug-likeness (QED) is 0.169. The number of halogens is 3. The molecule has 0 aliphatic rings. The van der Waals surface area contributed by atoms with Crippen LogP contribution < -0.4 is 0 Å². The van der Waals surface area contributed by atoms with E-state index in [0.717, 1.165) is 44.1 Å². The van der Waals surface area contributed by atoms with Gasteiger partial charge in [0, 0.05) is 33.3 Å². The van der Waals surface area contributed by atoms with Crippen molar-refractivity contribution in [2.24, 2.45) is 0 Å². The van der Waals surface area contributed by atoms with Crippen molar-refractivity contribution in [3.05, 3.63) is 171 Å². The van der Waals surface area contributed by atoms with Gasteiger partial charge in [0.1, 0.15) is 5.82 Å². The molecule has 2 aromatic heterocycles. The number of nitrogens with one attached hydrogen (secondary N) is 1. The van der Waals surface area contributed by atoms with Crippen molar-refractivity contribution >= 4 is 56.9 Å². The van der Waals surface area contributed by atoms with Gasteiger partial charge in [-0.3, -0.25) is 0 Å². The predicted octanol–water partition coefficient (Wildman–Crippen LogP) is 10.00. The molecule has 0 atom stereocenters. The number of benzene rings is 5. The zero-order valence-corrected chi connectivity index (χ0v) is 28.2. The Morgan fingerprint density at radius 2 is 1.29 bits per heavy atom. The molecule has 0 fully saturated rings. The summed E-state index contributed by atoms with van der Waals surface area (Å²) in [6.07, 6.45) is 4.98. The fraction of sp³-hybridized carbons (Fsp3) is 0.100. The lowest BCUT2D eigenvalue weighted by molar-refractivity contribution is 0.0590. The van der Waals surface area contributed by atoms with Crippen LogP contribution in [0.4, 0.5) is 4.39 Å². The van der Waals surface area contributed by atoms with Crippen LogP contribution in [0.25, 0.3) is 27.5 Å². The summed E-state index contributed by atoms with van der Waals surface area (Å²) in [7, 11) is 2.73. The third kappa shape index (κ3) is 7.54. The molecule has 7 aromatic rings. The van der Waals surface area contributed by atoms with Gasteiger partial charge >= 0.3 is 11.9 Å². The number of hydrogen-bond donors (Lipinski definition) is 1. The first-order valence-electron chi connectivity index (χ1n) is 15.4. The topological polar surface area (TPSA) is 73.3 Å². The Morgan fingerprint density at radius 3 is 1.90 bits per heavy atom. The lowest BCUT2D eigenvalue weighted by Crippen LogP contribution is -2.06. The van der Waals surface area contributed by atoms with E-state index in [0.29, 0.717) is 39.7 Å². The smallest absolute Gasteiger partial charge is 0.338 e. The minimum absolute atomic E-state index is 0.270. The van der Waals surface area contributed by atoms with Crippen LogP contribution in [-0.2, 0) is 22.3 Å². The molecule has 0 radical (unpaired) electrons. The van der Waals surface area contributed by atoms with Crippen LogP contribution in [0.2, 0.25) is 10.0 Å². The number of nitrogens with zero attached hydrogens (tertiary/aromatic N) is 1. The summed E-state index contributed by atoms with van der Waals surface area (Å²) < 4.78 is 25.7. The Morgan fingerprint density at radius 1 is 0.694 bits per heavy atom. The molecule has 7 rings (SSSR count). The number of H-pyrrole nitrogens is 1. The molecule has 6 nitrogen and oxygen atoms in total. The van der Waals surface area contributed by atoms with Gasteiger partial charge in [-0.05, 0) is 113 Å². The molecule has 0 amide bonds. The number of fused-ring (bicyclic) bond motifs is 2. The van der Waals surface area contributed by atoms with Crippen LogP contribution in [0.15, 0.2) is 122 Å². The molecule has 0 bridgehead atoms. The highest BCUT2D eigenvalue weighted by molar-refractivity contribution is 6.31. The molecule has 49 heavy (non-hydrogen) atoms. The molecular weight excluding hydrogens is 662 g/mol. The number of methoxy groups -OCH3 is 2. The van der Waals surface area contributed by atoms with Crippen LogP contribution in [0.1, 0.15) is 43.0 Å². The average Bonchev–Trinajstić information content (AvgIpc) is 3.76. The van der Waals surface area contributed by atoms with Crippen molar-refractivity contribution in [1.29, 1.82) is 0 Å². The van der Waals surface area contributed by atoms with E-state index in [-0.39, 0.29) is 11.8 Å². The molecule has 246 valence electrons. The minimum Gasteiger partial charge on any atom is -0.465 e. The van der Waals surface area contributed by atoms with Crippen molar-refractivity contribution in [2.45, 2.75) is 12.8 Å². The minimum atomic E-state index is -0.413. The van der Waals surface area contributed by atoms with E-state index in [2.05, 4.69) is 17.1 Å². The predicted molar refractivity (Wildman–Crippen MR) is 193 cm³/mol. The normalized spacial score (nSPS) is 10.9. The molecule has 0 saturated carbocycles. The molecule has 0 spiro atoms. The summed E-state index contributed by atoms with van der Waals surface area (Å²) >= 11 is 12.0. The number of rotatable bonds is 7. The van der Waals surface area contributed by atoms with Gasteiger partial charge in [-0.15, -0.1) is 0 Å². The van der Waals surface area contributed by atoms with Gasteiger partial charge in [-0.25, -0.2) is 14.0 Å². The van der Waals surface area contributed by atoms with Gasteiger partial charge in [-0.2, -0.15) is 0 Å². The molecule has 0 saturated heterocycles. The monoisotopic (exact) mass is 692 g/mol. The first kappa shape index (κ1) is 33.5. The SMILES string of the molecule is COC(=O)c1cc(Cl)ccc1Cc1ccc2[nH]ccc2c1.COC(=O)c1cc(Cl)ccc1Cc1ccc2c(ccn2-c2ccccc2F)c1. The Balaban J connectivity index is 0.000000177. The Kier molecular flexibility index (Phi) is 10.1. The standard InChI is InChI=1S/C23H17ClFNO2.C17H14ClNO2/c1-28-23(27)19-14-18(24)8-7-16(19)12-15-6-9-21-17(13-15)10-11-26(21)22-5-3-2-4-20(22)25;1-21-17(20)15-10-14(18)4-3-12(15)8-11-2-5-16-13(9-11)6-7-19-16/h2-11,13-14H,12H2,1H3;2-7,9-10,19H,8H2,1H3. The number of aromatic amines is 1. The highest BCUT2D eigenvalue weighted by atomic mass is 35.5. The van der Waals surface area contributed by atoms with Crippen molar-refractivity contribution in [3.63, 3.8) is 0 Å². The number of hydrogen-bond acceptors (Lipinski definition) is 4. The first-order valence-corrected chi connectivity index (χ1v) is 16.1. The van der Waals surface area contributed by atoms with Crippen molar-refractivity contribution in [2.75, 3.05) is 14.2 Å². The van der Waals surface area contributed by atoms with Crippen LogP contribution in [0, 0.1) is 5.82 Å². The van der Waals surface area contributed by atoms with E-state index in [9.17, 15) is 14.0 Å². The van der Waals surface area contributed by atoms with Crippen LogP contribution in [0.3, 0.4) is 0 Å². The zero-order valence-electron chi connectivity index (χ0n) is 26.7. The fourth-order valence-electron chi connectivity index (χ4n) is 5.82. The van der Waals surface area contributed by atoms with E-state index in [1.165, 1.54) is 20.3 Å². The summed E-state index contributed by atoms with van der Waals surface area (Å²) in [4.78, 5) is 27.1. The van der Waals surface area contributed by atoms with Crippen molar-refractivity contribution < 1.29 is 23.5 Å². The van der Waals surface area contributed by atoms with Gasteiger partial charge in [0.25, 0.3) is 0 Å². The molecule has 0 unspecified atom stereocenters. The summed E-state index contributed by atoms with van der Waals surface area (Å²) in [5.41, 5.74) is 7.40. The maximum absolute atomic E-state index is 14.2. The molecule has 0 aliphatic carbocycles. The number of ether oxygens (including phenoxy) is 2. The Labute approximate surface area is 292 Å². The van der Waals surface area contributed by atoms with Crippen molar-refractivity contribution in [1.82, 2.24) is 9.55 Å². The summed E-state index contributed by atoms with van der Waals surface area (Å²) in [6.45, 7) is 0. The van der Waals surface area contributed by atoms with E-state index >= 15 is 0 Å². The lowest BCUT2D eigenvalue weighted by atomic mass is 9.99. The largest absolute Gasteiger partial charge is 0.465 e. The number of para-hydroxylation sites is 1. The second-order valence-corrected chi connectivity index (χ2v) is 12.2. The average molecular weight is 694 g/mol. The van der Waals surface area contributed by atoms with Gasteiger partial charge in [0.2, 0.25) is 0 Å². The van der Waals surface area contributed by atoms with E-state index in [4.69, 9.17) is 32.7 Å². The van der Waals surface area contributed by atoms with Crippen molar-refractivity contribution in [3.8, 4) is 5.69 Å². The number of carbonyl (C=O) groups excluding carboxylic acids is 2. The summed E-state index contributed by atoms with van der Waals surface area (Å²) in [6, 6.07) is 33.4. The highest BCUT2D eigenvalue weighted by Crippen LogP contribution is 2.26. The number of carbonyl (C=O) groups is 2.